The SMILES string of the molecule is CCCCn1nc([C@@H](O)c2ccccc2)nc1CCC(N)=O. The topological polar surface area (TPSA) is 94.0 Å². The second-order valence-electron chi connectivity index (χ2n) is 5.24. The van der Waals surface area contributed by atoms with Gasteiger partial charge in [-0.05, 0) is 12.0 Å². The molecule has 2 aromatic rings. The van der Waals surface area contributed by atoms with Crippen molar-refractivity contribution in [2.45, 2.75) is 45.3 Å². The summed E-state index contributed by atoms with van der Waals surface area (Å²) >= 11 is 0. The summed E-state index contributed by atoms with van der Waals surface area (Å²) in [7, 11) is 0. The number of carbonyl (C=O) groups is 1. The number of benzene rings is 1. The van der Waals surface area contributed by atoms with Crippen molar-refractivity contribution in [3.8, 4) is 0 Å². The molecule has 0 fully saturated rings. The highest BCUT2D eigenvalue weighted by molar-refractivity contribution is 5.73. The van der Waals surface area contributed by atoms with Crippen LogP contribution in [0.4, 0.5) is 0 Å². The molecule has 1 aromatic carbocycles. The first-order valence-corrected chi connectivity index (χ1v) is 7.56. The Hall–Kier alpha value is -2.21. The Balaban J connectivity index is 2.22. The highest BCUT2D eigenvalue weighted by Gasteiger charge is 2.18. The number of hydrogen-bond acceptors (Lipinski definition) is 4. The fourth-order valence-corrected chi connectivity index (χ4v) is 2.20. The molecule has 0 aliphatic rings. The molecule has 0 aliphatic carbocycles. The molecule has 0 aliphatic heterocycles. The van der Waals surface area contributed by atoms with E-state index in [1.807, 2.05) is 30.3 Å². The van der Waals surface area contributed by atoms with E-state index < -0.39 is 6.10 Å². The third kappa shape index (κ3) is 4.14. The van der Waals surface area contributed by atoms with Gasteiger partial charge in [-0.3, -0.25) is 4.79 Å². The first-order chi connectivity index (χ1) is 10.6. The molecule has 1 atom stereocenters. The number of primary amides is 1. The van der Waals surface area contributed by atoms with E-state index in [0.29, 0.717) is 18.1 Å². The van der Waals surface area contributed by atoms with Crippen molar-refractivity contribution in [2.75, 3.05) is 0 Å². The number of nitrogens with two attached hydrogens (primary N) is 1. The molecule has 118 valence electrons. The summed E-state index contributed by atoms with van der Waals surface area (Å²) in [4.78, 5) is 15.4. The fourth-order valence-electron chi connectivity index (χ4n) is 2.20. The zero-order valence-electron chi connectivity index (χ0n) is 12.8. The zero-order valence-corrected chi connectivity index (χ0v) is 12.8. The number of aryl methyl sites for hydroxylation is 2. The second-order valence-corrected chi connectivity index (χ2v) is 5.24. The smallest absolute Gasteiger partial charge is 0.217 e. The Morgan fingerprint density at radius 2 is 2.09 bits per heavy atom. The van der Waals surface area contributed by atoms with Gasteiger partial charge in [0.2, 0.25) is 5.91 Å². The molecule has 22 heavy (non-hydrogen) atoms. The van der Waals surface area contributed by atoms with Gasteiger partial charge in [-0.1, -0.05) is 43.7 Å². The molecule has 6 nitrogen and oxygen atoms in total. The maximum absolute atomic E-state index is 11.0. The quantitative estimate of drug-likeness (QED) is 0.774. The summed E-state index contributed by atoms with van der Waals surface area (Å²) in [5.74, 6) is 0.689. The minimum Gasteiger partial charge on any atom is -0.380 e. The molecule has 0 bridgehead atoms. The largest absolute Gasteiger partial charge is 0.380 e. The standard InChI is InChI=1S/C16H22N4O2/c1-2-3-11-20-14(10-9-13(17)21)18-16(19-20)15(22)12-7-5-4-6-8-12/h4-8,15,22H,2-3,9-11H2,1H3,(H2,17,21)/t15-/m0/s1. The van der Waals surface area contributed by atoms with Crippen molar-refractivity contribution < 1.29 is 9.90 Å². The Morgan fingerprint density at radius 1 is 1.36 bits per heavy atom. The van der Waals surface area contributed by atoms with E-state index in [1.165, 1.54) is 0 Å². The average molecular weight is 302 g/mol. The number of hydrogen-bond donors (Lipinski definition) is 2. The highest BCUT2D eigenvalue weighted by Crippen LogP contribution is 2.19. The lowest BCUT2D eigenvalue weighted by Gasteiger charge is -2.06. The lowest BCUT2D eigenvalue weighted by molar-refractivity contribution is -0.118. The predicted molar refractivity (Wildman–Crippen MR) is 82.9 cm³/mol. The minimum absolute atomic E-state index is 0.228. The van der Waals surface area contributed by atoms with Gasteiger partial charge in [0.15, 0.2) is 5.82 Å². The Kier molecular flexibility index (Phi) is 5.66. The van der Waals surface area contributed by atoms with Crippen molar-refractivity contribution in [3.63, 3.8) is 0 Å². The molecule has 0 saturated carbocycles. The molecule has 0 saturated heterocycles. The molecule has 3 N–H and O–H groups in total. The van der Waals surface area contributed by atoms with Crippen molar-refractivity contribution in [2.24, 2.45) is 5.73 Å². The number of aliphatic hydroxyl groups is 1. The maximum atomic E-state index is 11.0. The van der Waals surface area contributed by atoms with Gasteiger partial charge in [0.25, 0.3) is 0 Å². The minimum atomic E-state index is -0.864. The van der Waals surface area contributed by atoms with E-state index in [1.54, 1.807) is 4.68 Å². The summed E-state index contributed by atoms with van der Waals surface area (Å²) in [6, 6.07) is 9.28. The van der Waals surface area contributed by atoms with Crippen LogP contribution >= 0.6 is 0 Å². The Bertz CT molecular complexity index is 610. The number of unbranched alkanes of at least 4 members (excludes halogenated alkanes) is 1. The van der Waals surface area contributed by atoms with Crippen LogP contribution in [0.3, 0.4) is 0 Å². The van der Waals surface area contributed by atoms with Crippen molar-refractivity contribution >= 4 is 5.91 Å². The highest BCUT2D eigenvalue weighted by atomic mass is 16.3. The molecule has 1 aromatic heterocycles. The van der Waals surface area contributed by atoms with Gasteiger partial charge in [0.05, 0.1) is 0 Å². The number of nitrogens with zero attached hydrogens (tertiary/aromatic N) is 3. The number of rotatable bonds is 8. The normalized spacial score (nSPS) is 12.3. The first kappa shape index (κ1) is 16.2. The Morgan fingerprint density at radius 3 is 2.73 bits per heavy atom. The van der Waals surface area contributed by atoms with E-state index in [9.17, 15) is 9.90 Å². The molecule has 0 spiro atoms. The van der Waals surface area contributed by atoms with Crippen LogP contribution in [0.1, 0.15) is 49.5 Å². The third-order valence-corrected chi connectivity index (χ3v) is 3.44. The molecule has 1 amide bonds. The third-order valence-electron chi connectivity index (χ3n) is 3.44. The van der Waals surface area contributed by atoms with Gasteiger partial charge in [0, 0.05) is 19.4 Å². The summed E-state index contributed by atoms with van der Waals surface area (Å²) in [5.41, 5.74) is 5.95. The molecular formula is C16H22N4O2. The number of aliphatic hydroxyl groups excluding tert-OH is 1. The van der Waals surface area contributed by atoms with Gasteiger partial charge in [-0.15, -0.1) is 0 Å². The molecule has 1 heterocycles. The lowest BCUT2D eigenvalue weighted by atomic mass is 10.1. The summed E-state index contributed by atoms with van der Waals surface area (Å²) in [6.07, 6.45) is 1.80. The maximum Gasteiger partial charge on any atom is 0.217 e. The van der Waals surface area contributed by atoms with Gasteiger partial charge in [-0.25, -0.2) is 9.67 Å². The van der Waals surface area contributed by atoms with Crippen LogP contribution in [0.15, 0.2) is 30.3 Å². The van der Waals surface area contributed by atoms with Crippen LogP contribution in [0.25, 0.3) is 0 Å². The van der Waals surface area contributed by atoms with Crippen molar-refractivity contribution in [1.29, 1.82) is 0 Å². The van der Waals surface area contributed by atoms with E-state index in [4.69, 9.17) is 5.73 Å². The van der Waals surface area contributed by atoms with Crippen LogP contribution < -0.4 is 5.73 Å². The van der Waals surface area contributed by atoms with Gasteiger partial charge in [0.1, 0.15) is 11.9 Å². The Labute approximate surface area is 130 Å². The van der Waals surface area contributed by atoms with E-state index >= 15 is 0 Å². The fraction of sp³-hybridized carbons (Fsp3) is 0.438. The average Bonchev–Trinajstić information content (AvgIpc) is 2.94. The zero-order chi connectivity index (χ0) is 15.9. The predicted octanol–water partition coefficient (Wildman–Crippen LogP) is 1.58. The number of carbonyl (C=O) groups excluding carboxylic acids is 1. The van der Waals surface area contributed by atoms with Gasteiger partial charge >= 0.3 is 0 Å². The van der Waals surface area contributed by atoms with Crippen LogP contribution in [0, 0.1) is 0 Å². The van der Waals surface area contributed by atoms with Crippen LogP contribution in [-0.4, -0.2) is 25.8 Å². The van der Waals surface area contributed by atoms with Crippen LogP contribution in [-0.2, 0) is 17.8 Å². The van der Waals surface area contributed by atoms with Crippen LogP contribution in [0.2, 0.25) is 0 Å². The van der Waals surface area contributed by atoms with Gasteiger partial charge < -0.3 is 10.8 Å². The molecule has 0 unspecified atom stereocenters. The van der Waals surface area contributed by atoms with E-state index in [-0.39, 0.29) is 12.3 Å². The number of amides is 1. The van der Waals surface area contributed by atoms with Gasteiger partial charge in [-0.2, -0.15) is 5.10 Å². The first-order valence-electron chi connectivity index (χ1n) is 7.56. The molecule has 6 heteroatoms. The summed E-state index contributed by atoms with van der Waals surface area (Å²) < 4.78 is 1.77. The van der Waals surface area contributed by atoms with E-state index in [0.717, 1.165) is 24.9 Å². The second kappa shape index (κ2) is 7.70. The lowest BCUT2D eigenvalue weighted by Crippen LogP contribution is -2.14. The molecule has 2 rings (SSSR count). The number of aromatic nitrogens is 3. The summed E-state index contributed by atoms with van der Waals surface area (Å²) in [5, 5.41) is 14.8. The van der Waals surface area contributed by atoms with Crippen molar-refractivity contribution in [3.05, 3.63) is 47.5 Å². The van der Waals surface area contributed by atoms with Crippen molar-refractivity contribution in [1.82, 2.24) is 14.8 Å². The summed E-state index contributed by atoms with van der Waals surface area (Å²) in [6.45, 7) is 2.82. The van der Waals surface area contributed by atoms with E-state index in [2.05, 4.69) is 17.0 Å². The van der Waals surface area contributed by atoms with Crippen LogP contribution in [0.5, 0.6) is 0 Å². The molecular weight excluding hydrogens is 280 g/mol. The monoisotopic (exact) mass is 302 g/mol. The molecule has 0 radical (unpaired) electrons.